The van der Waals surface area contributed by atoms with Gasteiger partial charge in [0.05, 0.1) is 23.8 Å². The van der Waals surface area contributed by atoms with E-state index in [-0.39, 0.29) is 0 Å². The van der Waals surface area contributed by atoms with Crippen molar-refractivity contribution in [3.8, 4) is 17.0 Å². The van der Waals surface area contributed by atoms with Crippen molar-refractivity contribution in [3.05, 3.63) is 54.2 Å². The first-order valence-electron chi connectivity index (χ1n) is 7.23. The summed E-state index contributed by atoms with van der Waals surface area (Å²) in [6.07, 6.45) is -0.590. The second-order valence-electron chi connectivity index (χ2n) is 4.98. The molecule has 0 N–H and O–H groups in total. The molecule has 1 heterocycles. The van der Waals surface area contributed by atoms with Crippen molar-refractivity contribution in [3.63, 3.8) is 0 Å². The number of methoxy groups -OCH3 is 3. The van der Waals surface area contributed by atoms with Gasteiger partial charge in [-0.2, -0.15) is 0 Å². The minimum atomic E-state index is -0.590. The van der Waals surface area contributed by atoms with E-state index in [9.17, 15) is 0 Å². The van der Waals surface area contributed by atoms with Gasteiger partial charge in [0.1, 0.15) is 11.4 Å². The Hall–Kier alpha value is -2.50. The Morgan fingerprint density at radius 2 is 1.52 bits per heavy atom. The zero-order valence-corrected chi connectivity index (χ0v) is 13.3. The highest BCUT2D eigenvalue weighted by Gasteiger charge is 2.20. The third-order valence-electron chi connectivity index (χ3n) is 3.59. The molecule has 2 aromatic carbocycles. The van der Waals surface area contributed by atoms with E-state index in [1.54, 1.807) is 21.3 Å². The van der Waals surface area contributed by atoms with Crippen LogP contribution in [0.4, 0.5) is 0 Å². The van der Waals surface area contributed by atoms with Gasteiger partial charge in [-0.05, 0) is 24.3 Å². The van der Waals surface area contributed by atoms with Crippen LogP contribution in [0.25, 0.3) is 22.3 Å². The molecule has 0 atom stereocenters. The monoisotopic (exact) mass is 310 g/mol. The quantitative estimate of drug-likeness (QED) is 0.674. The molecule has 5 nitrogen and oxygen atoms in total. The van der Waals surface area contributed by atoms with Crippen molar-refractivity contribution in [2.24, 2.45) is 0 Å². The summed E-state index contributed by atoms with van der Waals surface area (Å²) in [6, 6.07) is 15.4. The van der Waals surface area contributed by atoms with E-state index in [1.807, 2.05) is 48.5 Å². The van der Waals surface area contributed by atoms with Crippen molar-refractivity contribution < 1.29 is 14.2 Å². The number of hydrogen-bond donors (Lipinski definition) is 0. The van der Waals surface area contributed by atoms with Gasteiger partial charge >= 0.3 is 0 Å². The highest BCUT2D eigenvalue weighted by atomic mass is 16.7. The third-order valence-corrected chi connectivity index (χ3v) is 3.59. The second-order valence-corrected chi connectivity index (χ2v) is 4.98. The summed E-state index contributed by atoms with van der Waals surface area (Å²) < 4.78 is 16.1. The van der Waals surface area contributed by atoms with Crippen LogP contribution >= 0.6 is 0 Å². The van der Waals surface area contributed by atoms with E-state index in [0.717, 1.165) is 28.0 Å². The highest BCUT2D eigenvalue weighted by Crippen LogP contribution is 2.31. The van der Waals surface area contributed by atoms with Crippen molar-refractivity contribution in [2.75, 3.05) is 21.3 Å². The van der Waals surface area contributed by atoms with Crippen LogP contribution in [0.3, 0.4) is 0 Å². The summed E-state index contributed by atoms with van der Waals surface area (Å²) in [4.78, 5) is 9.46. The Morgan fingerprint density at radius 1 is 0.826 bits per heavy atom. The third kappa shape index (κ3) is 3.02. The summed E-state index contributed by atoms with van der Waals surface area (Å²) in [7, 11) is 4.81. The fourth-order valence-corrected chi connectivity index (χ4v) is 2.48. The van der Waals surface area contributed by atoms with Crippen molar-refractivity contribution in [1.82, 2.24) is 9.97 Å². The first kappa shape index (κ1) is 15.4. The van der Waals surface area contributed by atoms with E-state index in [1.165, 1.54) is 0 Å². The molecule has 0 unspecified atom stereocenters. The molecule has 0 amide bonds. The number of aromatic nitrogens is 2. The molecule has 3 rings (SSSR count). The van der Waals surface area contributed by atoms with Gasteiger partial charge in [0, 0.05) is 19.8 Å². The average molecular weight is 310 g/mol. The van der Waals surface area contributed by atoms with E-state index in [4.69, 9.17) is 24.2 Å². The predicted molar refractivity (Wildman–Crippen MR) is 88.3 cm³/mol. The Bertz CT molecular complexity index is 816. The Morgan fingerprint density at radius 3 is 2.17 bits per heavy atom. The molecular formula is C18H18N2O3. The summed E-state index contributed by atoms with van der Waals surface area (Å²) in [5, 5.41) is 0. The summed E-state index contributed by atoms with van der Waals surface area (Å²) in [5.41, 5.74) is 3.88. The number of hydrogen-bond acceptors (Lipinski definition) is 5. The molecule has 23 heavy (non-hydrogen) atoms. The Balaban J connectivity index is 2.25. The van der Waals surface area contributed by atoms with Crippen LogP contribution in [-0.4, -0.2) is 31.3 Å². The van der Waals surface area contributed by atoms with Gasteiger partial charge < -0.3 is 14.2 Å². The van der Waals surface area contributed by atoms with Gasteiger partial charge in [-0.15, -0.1) is 0 Å². The molecule has 1 aromatic heterocycles. The summed E-state index contributed by atoms with van der Waals surface area (Å²) in [5.74, 6) is 0.759. The number of ether oxygens (including phenoxy) is 3. The lowest BCUT2D eigenvalue weighted by molar-refractivity contribution is -0.108. The van der Waals surface area contributed by atoms with Gasteiger partial charge in [-0.3, -0.25) is 0 Å². The molecule has 3 aromatic rings. The van der Waals surface area contributed by atoms with Gasteiger partial charge in [0.25, 0.3) is 0 Å². The molecule has 0 fully saturated rings. The van der Waals surface area contributed by atoms with Crippen LogP contribution in [0.1, 0.15) is 12.0 Å². The van der Waals surface area contributed by atoms with E-state index >= 15 is 0 Å². The maximum atomic E-state index is 5.40. The van der Waals surface area contributed by atoms with Crippen LogP contribution in [-0.2, 0) is 9.47 Å². The van der Waals surface area contributed by atoms with E-state index in [0.29, 0.717) is 5.69 Å². The normalized spacial score (nSPS) is 11.1. The first-order chi connectivity index (χ1) is 11.3. The van der Waals surface area contributed by atoms with Gasteiger partial charge in [0.2, 0.25) is 6.29 Å². The van der Waals surface area contributed by atoms with Crippen LogP contribution < -0.4 is 4.74 Å². The molecule has 118 valence electrons. The average Bonchev–Trinajstić information content (AvgIpc) is 2.62. The second kappa shape index (κ2) is 6.73. The number of nitrogens with zero attached hydrogens (tertiary/aromatic N) is 2. The standard InChI is InChI=1S/C18H18N2O3/c1-21-13-8-6-7-12(11-13)16-17(18(22-2)23-3)20-15-10-5-4-9-14(15)19-16/h4-11,18H,1-3H3. The molecule has 0 saturated heterocycles. The molecule has 0 aliphatic rings. The Kier molecular flexibility index (Phi) is 4.50. The van der Waals surface area contributed by atoms with Gasteiger partial charge in [-0.1, -0.05) is 24.3 Å². The zero-order chi connectivity index (χ0) is 16.2. The van der Waals surface area contributed by atoms with Crippen LogP contribution in [0.15, 0.2) is 48.5 Å². The van der Waals surface area contributed by atoms with Crippen molar-refractivity contribution >= 4 is 11.0 Å². The van der Waals surface area contributed by atoms with E-state index < -0.39 is 6.29 Å². The molecule has 5 heteroatoms. The van der Waals surface area contributed by atoms with E-state index in [2.05, 4.69) is 0 Å². The molecule has 0 saturated carbocycles. The predicted octanol–water partition coefficient (Wildman–Crippen LogP) is 3.60. The topological polar surface area (TPSA) is 53.5 Å². The minimum Gasteiger partial charge on any atom is -0.497 e. The smallest absolute Gasteiger partial charge is 0.202 e. The van der Waals surface area contributed by atoms with Crippen molar-refractivity contribution in [2.45, 2.75) is 6.29 Å². The van der Waals surface area contributed by atoms with Crippen LogP contribution in [0.2, 0.25) is 0 Å². The van der Waals surface area contributed by atoms with Gasteiger partial charge in [0.15, 0.2) is 0 Å². The zero-order valence-electron chi connectivity index (χ0n) is 13.3. The maximum absolute atomic E-state index is 5.40. The number of rotatable bonds is 5. The molecule has 0 aliphatic heterocycles. The fourth-order valence-electron chi connectivity index (χ4n) is 2.48. The van der Waals surface area contributed by atoms with Crippen molar-refractivity contribution in [1.29, 1.82) is 0 Å². The molecule has 0 aliphatic carbocycles. The number of para-hydroxylation sites is 2. The summed E-state index contributed by atoms with van der Waals surface area (Å²) in [6.45, 7) is 0. The van der Waals surface area contributed by atoms with Gasteiger partial charge in [-0.25, -0.2) is 9.97 Å². The fraction of sp³-hybridized carbons (Fsp3) is 0.222. The number of fused-ring (bicyclic) bond motifs is 1. The minimum absolute atomic E-state index is 0.590. The summed E-state index contributed by atoms with van der Waals surface area (Å²) >= 11 is 0. The van der Waals surface area contributed by atoms with Crippen LogP contribution in [0.5, 0.6) is 5.75 Å². The Labute approximate surface area is 134 Å². The molecule has 0 radical (unpaired) electrons. The molecule has 0 spiro atoms. The maximum Gasteiger partial charge on any atom is 0.202 e. The lowest BCUT2D eigenvalue weighted by Crippen LogP contribution is -2.09. The lowest BCUT2D eigenvalue weighted by Gasteiger charge is -2.17. The van der Waals surface area contributed by atoms with Crippen LogP contribution in [0, 0.1) is 0 Å². The lowest BCUT2D eigenvalue weighted by atomic mass is 10.1. The SMILES string of the molecule is COc1cccc(-c2nc3ccccc3nc2C(OC)OC)c1. The molecular weight excluding hydrogens is 292 g/mol. The largest absolute Gasteiger partial charge is 0.497 e. The highest BCUT2D eigenvalue weighted by molar-refractivity contribution is 5.78. The number of benzene rings is 2. The first-order valence-corrected chi connectivity index (χ1v) is 7.23. The molecule has 0 bridgehead atoms.